The van der Waals surface area contributed by atoms with Crippen LogP contribution in [-0.4, -0.2) is 19.6 Å². The second kappa shape index (κ2) is 4.53. The summed E-state index contributed by atoms with van der Waals surface area (Å²) in [6.07, 6.45) is 0.540. The molecule has 1 aliphatic heterocycles. The number of carbonyl (C=O) groups is 1. The van der Waals surface area contributed by atoms with Gasteiger partial charge in [-0.2, -0.15) is 0 Å². The van der Waals surface area contributed by atoms with Crippen molar-refractivity contribution in [1.29, 1.82) is 0 Å². The number of rotatable bonds is 3. The molecule has 2 rings (SSSR count). The van der Waals surface area contributed by atoms with Crippen molar-refractivity contribution >= 4 is 5.91 Å². The summed E-state index contributed by atoms with van der Waals surface area (Å²) in [6.45, 7) is 1.19. The molecule has 1 aliphatic rings. The maximum absolute atomic E-state index is 11.2. The number of ether oxygens (including phenoxy) is 1. The number of carbonyl (C=O) groups excluding carboxylic acids is 1. The summed E-state index contributed by atoms with van der Waals surface area (Å²) in [5.74, 6) is 1.15. The lowest BCUT2D eigenvalue weighted by atomic mass is 9.96. The highest BCUT2D eigenvalue weighted by molar-refractivity contribution is 5.79. The minimum absolute atomic E-state index is 0.106. The number of methoxy groups -OCH3 is 1. The smallest absolute Gasteiger partial charge is 0.220 e. The molecule has 1 atom stereocenters. The largest absolute Gasteiger partial charge is 0.496 e. The van der Waals surface area contributed by atoms with Gasteiger partial charge < -0.3 is 15.8 Å². The van der Waals surface area contributed by atoms with Crippen LogP contribution < -0.4 is 15.8 Å². The molecule has 1 aromatic carbocycles. The first kappa shape index (κ1) is 11.0. The average molecular weight is 220 g/mol. The molecule has 0 bridgehead atoms. The molecule has 1 heterocycles. The molecule has 4 heteroatoms. The number of amides is 1. The maximum atomic E-state index is 11.2. The monoisotopic (exact) mass is 220 g/mol. The summed E-state index contributed by atoms with van der Waals surface area (Å²) in [6, 6.07) is 5.94. The van der Waals surface area contributed by atoms with Crippen LogP contribution >= 0.6 is 0 Å². The Bertz CT molecular complexity index is 404. The molecule has 0 radical (unpaired) electrons. The van der Waals surface area contributed by atoms with Gasteiger partial charge in [0.1, 0.15) is 5.75 Å². The first-order valence-electron chi connectivity index (χ1n) is 5.38. The van der Waals surface area contributed by atoms with Crippen molar-refractivity contribution in [3.8, 4) is 5.75 Å². The van der Waals surface area contributed by atoms with E-state index in [4.69, 9.17) is 10.5 Å². The van der Waals surface area contributed by atoms with Crippen LogP contribution in [-0.2, 0) is 11.3 Å². The highest BCUT2D eigenvalue weighted by atomic mass is 16.5. The van der Waals surface area contributed by atoms with Crippen molar-refractivity contribution in [2.24, 2.45) is 5.73 Å². The Morgan fingerprint density at radius 2 is 2.38 bits per heavy atom. The molecule has 1 saturated heterocycles. The van der Waals surface area contributed by atoms with E-state index in [1.165, 1.54) is 0 Å². The Labute approximate surface area is 94.8 Å². The SMILES string of the molecule is COc1cc(CN)ccc1C1CNC(=O)C1. The Morgan fingerprint density at radius 3 is 2.94 bits per heavy atom. The number of hydrogen-bond donors (Lipinski definition) is 2. The highest BCUT2D eigenvalue weighted by Crippen LogP contribution is 2.31. The van der Waals surface area contributed by atoms with Gasteiger partial charge in [-0.15, -0.1) is 0 Å². The Kier molecular flexibility index (Phi) is 3.10. The van der Waals surface area contributed by atoms with Crippen molar-refractivity contribution in [2.45, 2.75) is 18.9 Å². The number of nitrogens with two attached hydrogens (primary N) is 1. The summed E-state index contributed by atoms with van der Waals surface area (Å²) in [4.78, 5) is 11.2. The van der Waals surface area contributed by atoms with Crippen LogP contribution in [0.2, 0.25) is 0 Å². The highest BCUT2D eigenvalue weighted by Gasteiger charge is 2.25. The summed E-state index contributed by atoms with van der Waals surface area (Å²) < 4.78 is 5.34. The van der Waals surface area contributed by atoms with Crippen molar-refractivity contribution in [2.75, 3.05) is 13.7 Å². The molecule has 1 aromatic rings. The normalized spacial score (nSPS) is 19.6. The first-order chi connectivity index (χ1) is 7.74. The third-order valence-electron chi connectivity index (χ3n) is 2.95. The third kappa shape index (κ3) is 2.02. The Morgan fingerprint density at radius 1 is 1.56 bits per heavy atom. The lowest BCUT2D eigenvalue weighted by Crippen LogP contribution is -2.13. The molecule has 0 aromatic heterocycles. The molecule has 4 nitrogen and oxygen atoms in total. The van der Waals surface area contributed by atoms with Crippen molar-refractivity contribution in [3.63, 3.8) is 0 Å². The molecule has 1 amide bonds. The quantitative estimate of drug-likeness (QED) is 0.790. The van der Waals surface area contributed by atoms with E-state index in [-0.39, 0.29) is 11.8 Å². The van der Waals surface area contributed by atoms with Crippen LogP contribution in [0.5, 0.6) is 5.75 Å². The Hall–Kier alpha value is -1.55. The fourth-order valence-electron chi connectivity index (χ4n) is 2.04. The summed E-state index contributed by atoms with van der Waals surface area (Å²) in [7, 11) is 1.64. The fraction of sp³-hybridized carbons (Fsp3) is 0.417. The second-order valence-corrected chi connectivity index (χ2v) is 3.99. The van der Waals surface area contributed by atoms with E-state index in [9.17, 15) is 4.79 Å². The predicted molar refractivity (Wildman–Crippen MR) is 61.3 cm³/mol. The van der Waals surface area contributed by atoms with Gasteiger partial charge in [0.05, 0.1) is 7.11 Å². The molecule has 1 fully saturated rings. The van der Waals surface area contributed by atoms with Crippen LogP contribution in [0.4, 0.5) is 0 Å². The molecule has 1 unspecified atom stereocenters. The zero-order chi connectivity index (χ0) is 11.5. The van der Waals surface area contributed by atoms with Crippen molar-refractivity contribution in [1.82, 2.24) is 5.32 Å². The van der Waals surface area contributed by atoms with E-state index in [1.807, 2.05) is 18.2 Å². The molecule has 0 spiro atoms. The van der Waals surface area contributed by atoms with Crippen LogP contribution in [0.1, 0.15) is 23.5 Å². The van der Waals surface area contributed by atoms with Crippen molar-refractivity contribution in [3.05, 3.63) is 29.3 Å². The average Bonchev–Trinajstić information content (AvgIpc) is 2.74. The van der Waals surface area contributed by atoms with Gasteiger partial charge in [0.25, 0.3) is 0 Å². The van der Waals surface area contributed by atoms with Gasteiger partial charge in [0.2, 0.25) is 5.91 Å². The number of nitrogens with one attached hydrogen (secondary N) is 1. The van der Waals surface area contributed by atoms with Gasteiger partial charge >= 0.3 is 0 Å². The molecule has 86 valence electrons. The van der Waals surface area contributed by atoms with Gasteiger partial charge in [0, 0.05) is 25.4 Å². The fourth-order valence-corrected chi connectivity index (χ4v) is 2.04. The zero-order valence-electron chi connectivity index (χ0n) is 9.32. The molecular formula is C12H16N2O2. The maximum Gasteiger partial charge on any atom is 0.220 e. The van der Waals surface area contributed by atoms with E-state index in [2.05, 4.69) is 5.32 Å². The van der Waals surface area contributed by atoms with E-state index >= 15 is 0 Å². The van der Waals surface area contributed by atoms with E-state index < -0.39 is 0 Å². The Balaban J connectivity index is 2.29. The standard InChI is InChI=1S/C12H16N2O2/c1-16-11-4-8(6-13)2-3-10(11)9-5-12(15)14-7-9/h2-4,9H,5-7,13H2,1H3,(H,14,15). The first-order valence-corrected chi connectivity index (χ1v) is 5.38. The zero-order valence-corrected chi connectivity index (χ0v) is 9.32. The topological polar surface area (TPSA) is 64.3 Å². The number of hydrogen-bond acceptors (Lipinski definition) is 3. The summed E-state index contributed by atoms with van der Waals surface area (Å²) in [5, 5.41) is 2.83. The summed E-state index contributed by atoms with van der Waals surface area (Å²) >= 11 is 0. The van der Waals surface area contributed by atoms with Gasteiger partial charge in [0.15, 0.2) is 0 Å². The minimum atomic E-state index is 0.106. The van der Waals surface area contributed by atoms with E-state index in [0.717, 1.165) is 16.9 Å². The predicted octanol–water partition coefficient (Wildman–Crippen LogP) is 0.757. The minimum Gasteiger partial charge on any atom is -0.496 e. The van der Waals surface area contributed by atoms with Gasteiger partial charge in [-0.05, 0) is 17.2 Å². The van der Waals surface area contributed by atoms with Crippen LogP contribution in [0.15, 0.2) is 18.2 Å². The molecule has 3 N–H and O–H groups in total. The lowest BCUT2D eigenvalue weighted by molar-refractivity contribution is -0.119. The van der Waals surface area contributed by atoms with Crippen molar-refractivity contribution < 1.29 is 9.53 Å². The molecule has 16 heavy (non-hydrogen) atoms. The molecular weight excluding hydrogens is 204 g/mol. The second-order valence-electron chi connectivity index (χ2n) is 3.99. The van der Waals surface area contributed by atoms with Crippen LogP contribution in [0.25, 0.3) is 0 Å². The molecule has 0 aliphatic carbocycles. The lowest BCUT2D eigenvalue weighted by Gasteiger charge is -2.14. The van der Waals surface area contributed by atoms with E-state index in [1.54, 1.807) is 7.11 Å². The third-order valence-corrected chi connectivity index (χ3v) is 2.95. The van der Waals surface area contributed by atoms with Crippen LogP contribution in [0.3, 0.4) is 0 Å². The number of benzene rings is 1. The van der Waals surface area contributed by atoms with Gasteiger partial charge in [-0.1, -0.05) is 12.1 Å². The van der Waals surface area contributed by atoms with Crippen LogP contribution in [0, 0.1) is 0 Å². The summed E-state index contributed by atoms with van der Waals surface area (Å²) in [5.41, 5.74) is 7.70. The van der Waals surface area contributed by atoms with E-state index in [0.29, 0.717) is 19.5 Å². The van der Waals surface area contributed by atoms with Gasteiger partial charge in [-0.3, -0.25) is 4.79 Å². The van der Waals surface area contributed by atoms with Gasteiger partial charge in [-0.25, -0.2) is 0 Å². The molecule has 0 saturated carbocycles.